The summed E-state index contributed by atoms with van der Waals surface area (Å²) in [7, 11) is 2.22. The number of likely N-dealkylation sites (tertiary alicyclic amines) is 1. The summed E-state index contributed by atoms with van der Waals surface area (Å²) in [6.07, 6.45) is 10.3. The first-order valence-corrected chi connectivity index (χ1v) is 10.5. The number of piperidine rings is 1. The van der Waals surface area contributed by atoms with Crippen LogP contribution >= 0.6 is 0 Å². The van der Waals surface area contributed by atoms with Crippen molar-refractivity contribution in [1.82, 2.24) is 4.90 Å². The van der Waals surface area contributed by atoms with E-state index in [1.54, 1.807) is 0 Å². The maximum absolute atomic E-state index is 2.43. The quantitative estimate of drug-likeness (QED) is 0.490. The zero-order valence-corrected chi connectivity index (χ0v) is 18.1. The van der Waals surface area contributed by atoms with Crippen LogP contribution in [0, 0.1) is 23.7 Å². The highest BCUT2D eigenvalue weighted by atomic mass is 15.1. The van der Waals surface area contributed by atoms with Crippen molar-refractivity contribution in [3.63, 3.8) is 0 Å². The number of nitrogens with zero attached hydrogens (tertiary/aromatic N) is 1. The van der Waals surface area contributed by atoms with E-state index in [4.69, 9.17) is 0 Å². The van der Waals surface area contributed by atoms with Crippen molar-refractivity contribution in [3.8, 4) is 0 Å². The molecule has 0 aromatic heterocycles. The molecule has 0 amide bonds. The van der Waals surface area contributed by atoms with Gasteiger partial charge in [-0.1, -0.05) is 87.5 Å². The highest BCUT2D eigenvalue weighted by Gasteiger charge is 2.18. The van der Waals surface area contributed by atoms with E-state index in [0.29, 0.717) is 0 Å². The van der Waals surface area contributed by atoms with Gasteiger partial charge in [-0.05, 0) is 56.7 Å². The molecule has 1 aliphatic heterocycles. The monoisotopic (exact) mass is 327 g/mol. The summed E-state index contributed by atoms with van der Waals surface area (Å²) in [5.41, 5.74) is 0. The largest absolute Gasteiger partial charge is 0.306 e. The third-order valence-electron chi connectivity index (χ3n) is 4.60. The molecule has 0 aromatic rings. The third-order valence-corrected chi connectivity index (χ3v) is 4.60. The first-order chi connectivity index (χ1) is 10.8. The summed E-state index contributed by atoms with van der Waals surface area (Å²) in [5.74, 6) is 3.76. The van der Waals surface area contributed by atoms with E-state index in [2.05, 4.69) is 53.5 Å². The Morgan fingerprint density at radius 3 is 1.39 bits per heavy atom. The molecular weight excluding hydrogens is 278 g/mol. The molecule has 0 spiro atoms. The van der Waals surface area contributed by atoms with E-state index in [1.807, 2.05) is 13.8 Å². The lowest BCUT2D eigenvalue weighted by Crippen LogP contribution is -2.32. The van der Waals surface area contributed by atoms with Gasteiger partial charge in [0, 0.05) is 0 Å². The molecule has 0 bridgehead atoms. The van der Waals surface area contributed by atoms with Crippen LogP contribution in [0.15, 0.2) is 0 Å². The molecule has 142 valence electrons. The van der Waals surface area contributed by atoms with Gasteiger partial charge in [-0.15, -0.1) is 0 Å². The van der Waals surface area contributed by atoms with Crippen molar-refractivity contribution in [1.29, 1.82) is 0 Å². The molecule has 0 atom stereocenters. The van der Waals surface area contributed by atoms with E-state index in [9.17, 15) is 0 Å². The average Bonchev–Trinajstić information content (AvgIpc) is 2.50. The molecule has 0 aromatic carbocycles. The van der Waals surface area contributed by atoms with E-state index in [1.165, 1.54) is 58.0 Å². The second kappa shape index (κ2) is 16.8. The maximum atomic E-state index is 2.43. The fourth-order valence-corrected chi connectivity index (χ4v) is 3.00. The van der Waals surface area contributed by atoms with Gasteiger partial charge in [-0.2, -0.15) is 0 Å². The predicted molar refractivity (Wildman–Crippen MR) is 109 cm³/mol. The predicted octanol–water partition coefficient (Wildman–Crippen LogP) is 7.26. The molecule has 0 radical (unpaired) electrons. The summed E-state index contributed by atoms with van der Waals surface area (Å²) in [6, 6.07) is 0. The second-order valence-corrected chi connectivity index (χ2v) is 8.36. The summed E-state index contributed by atoms with van der Waals surface area (Å²) in [5, 5.41) is 0. The molecule has 2 fully saturated rings. The first-order valence-electron chi connectivity index (χ1n) is 10.5. The number of rotatable bonds is 1. The smallest absolute Gasteiger partial charge is 0.00190 e. The summed E-state index contributed by atoms with van der Waals surface area (Å²) < 4.78 is 0. The Morgan fingerprint density at radius 1 is 0.739 bits per heavy atom. The number of hydrogen-bond donors (Lipinski definition) is 0. The van der Waals surface area contributed by atoms with Crippen LogP contribution in [-0.2, 0) is 0 Å². The van der Waals surface area contributed by atoms with Crippen LogP contribution in [0.5, 0.6) is 0 Å². The lowest BCUT2D eigenvalue weighted by molar-refractivity contribution is 0.185. The van der Waals surface area contributed by atoms with Gasteiger partial charge in [-0.3, -0.25) is 0 Å². The fourth-order valence-electron chi connectivity index (χ4n) is 3.00. The Morgan fingerprint density at radius 2 is 1.13 bits per heavy atom. The van der Waals surface area contributed by atoms with Gasteiger partial charge in [0.15, 0.2) is 0 Å². The van der Waals surface area contributed by atoms with Crippen molar-refractivity contribution in [2.45, 2.75) is 100 Å². The zero-order chi connectivity index (χ0) is 18.3. The minimum atomic E-state index is 0.833. The van der Waals surface area contributed by atoms with E-state index in [0.717, 1.165) is 23.7 Å². The van der Waals surface area contributed by atoms with Gasteiger partial charge in [-0.25, -0.2) is 0 Å². The normalized spacial score (nSPS) is 20.0. The molecule has 23 heavy (non-hydrogen) atoms. The molecule has 0 N–H and O–H groups in total. The van der Waals surface area contributed by atoms with Crippen molar-refractivity contribution in [2.24, 2.45) is 23.7 Å². The van der Waals surface area contributed by atoms with Crippen LogP contribution in [-0.4, -0.2) is 25.0 Å². The molecule has 2 rings (SSSR count). The van der Waals surface area contributed by atoms with Gasteiger partial charge >= 0.3 is 0 Å². The Kier molecular flexibility index (Phi) is 18.4. The van der Waals surface area contributed by atoms with Crippen LogP contribution in [0.3, 0.4) is 0 Å². The molecule has 1 saturated heterocycles. The Hall–Kier alpha value is -0.0400. The minimum absolute atomic E-state index is 0.833. The van der Waals surface area contributed by atoms with Crippen molar-refractivity contribution >= 4 is 0 Å². The van der Waals surface area contributed by atoms with Crippen molar-refractivity contribution in [3.05, 3.63) is 0 Å². The van der Waals surface area contributed by atoms with Gasteiger partial charge in [0.2, 0.25) is 0 Å². The molecule has 1 heterocycles. The van der Waals surface area contributed by atoms with Crippen molar-refractivity contribution < 1.29 is 0 Å². The molecule has 1 heteroatoms. The minimum Gasteiger partial charge on any atom is -0.306 e. The first kappa shape index (κ1) is 25.2. The average molecular weight is 328 g/mol. The topological polar surface area (TPSA) is 3.24 Å². The SMILES string of the molecule is CC.CC(C)C.CC(C)C1CCN(C)CC1.CC1CCCCC1. The van der Waals surface area contributed by atoms with Gasteiger partial charge in [0.1, 0.15) is 0 Å². The maximum Gasteiger partial charge on any atom is -0.00190 e. The van der Waals surface area contributed by atoms with E-state index in [-0.39, 0.29) is 0 Å². The lowest BCUT2D eigenvalue weighted by Gasteiger charge is -2.31. The third kappa shape index (κ3) is 18.1. The van der Waals surface area contributed by atoms with E-state index < -0.39 is 0 Å². The van der Waals surface area contributed by atoms with Crippen molar-refractivity contribution in [2.75, 3.05) is 20.1 Å². The molecule has 1 aliphatic carbocycles. The molecule has 0 unspecified atom stereocenters. The van der Waals surface area contributed by atoms with Gasteiger partial charge < -0.3 is 4.90 Å². The van der Waals surface area contributed by atoms with Gasteiger partial charge in [0.25, 0.3) is 0 Å². The van der Waals surface area contributed by atoms with Gasteiger partial charge in [0.05, 0.1) is 0 Å². The molecule has 2 aliphatic rings. The van der Waals surface area contributed by atoms with Crippen LogP contribution in [0.1, 0.15) is 100 Å². The summed E-state index contributed by atoms with van der Waals surface area (Å²) in [6.45, 7) is 20.2. The van der Waals surface area contributed by atoms with Crippen LogP contribution in [0.2, 0.25) is 0 Å². The summed E-state index contributed by atoms with van der Waals surface area (Å²) in [4.78, 5) is 2.43. The van der Waals surface area contributed by atoms with E-state index >= 15 is 0 Å². The Labute approximate surface area is 149 Å². The summed E-state index contributed by atoms with van der Waals surface area (Å²) >= 11 is 0. The Balaban J connectivity index is 0. The lowest BCUT2D eigenvalue weighted by atomic mass is 9.87. The molecular formula is C22H49N. The Bertz CT molecular complexity index is 205. The van der Waals surface area contributed by atoms with Crippen LogP contribution in [0.25, 0.3) is 0 Å². The second-order valence-electron chi connectivity index (χ2n) is 8.36. The van der Waals surface area contributed by atoms with Crippen LogP contribution < -0.4 is 0 Å². The molecule has 1 nitrogen and oxygen atoms in total. The highest BCUT2D eigenvalue weighted by Crippen LogP contribution is 2.23. The zero-order valence-electron chi connectivity index (χ0n) is 18.1. The highest BCUT2D eigenvalue weighted by molar-refractivity contribution is 4.71. The standard InChI is InChI=1S/C9H19N.C7H14.C4H10.C2H6/c1-8(2)9-4-6-10(3)7-5-9;1-7-5-3-2-4-6-7;1-4(2)3;1-2/h8-9H,4-7H2,1-3H3;7H,2-6H2,1H3;4H,1-3H3;1-2H3. The number of hydrogen-bond acceptors (Lipinski definition) is 1. The fraction of sp³-hybridized carbons (Fsp3) is 1.00. The van der Waals surface area contributed by atoms with Crippen LogP contribution in [0.4, 0.5) is 0 Å². The molecule has 1 saturated carbocycles.